The molecule has 2 amide bonds. The minimum atomic E-state index is -1.06. The summed E-state index contributed by atoms with van der Waals surface area (Å²) in [6, 6.07) is 18.7. The molecule has 0 unspecified atom stereocenters. The molecule has 0 saturated carbocycles. The zero-order chi connectivity index (χ0) is 26.6. The van der Waals surface area contributed by atoms with Crippen molar-refractivity contribution in [3.8, 4) is 5.75 Å². The van der Waals surface area contributed by atoms with Gasteiger partial charge in [-0.1, -0.05) is 36.4 Å². The van der Waals surface area contributed by atoms with Crippen LogP contribution in [0.1, 0.15) is 38.8 Å². The van der Waals surface area contributed by atoms with Crippen LogP contribution in [0.3, 0.4) is 0 Å². The van der Waals surface area contributed by atoms with Crippen molar-refractivity contribution in [2.24, 2.45) is 0 Å². The molecule has 4 aromatic rings. The lowest BCUT2D eigenvalue weighted by atomic mass is 9.98. The highest BCUT2D eigenvalue weighted by Crippen LogP contribution is 2.31. The minimum absolute atomic E-state index is 0.178. The SMILES string of the molecule is CCC(C)(C)NC(=O)[C@@H](c1cccc(OC)c1)N(C(=O)Cn1nnc2ccccc21)c1ccc(F)cc1. The van der Waals surface area contributed by atoms with E-state index in [9.17, 15) is 14.0 Å². The number of rotatable bonds is 9. The number of halogens is 1. The Morgan fingerprint density at radius 1 is 1.08 bits per heavy atom. The molecule has 0 saturated heterocycles. The molecule has 0 radical (unpaired) electrons. The number of hydrogen-bond donors (Lipinski definition) is 1. The van der Waals surface area contributed by atoms with Gasteiger partial charge in [0.2, 0.25) is 11.8 Å². The molecule has 0 aliphatic rings. The van der Waals surface area contributed by atoms with E-state index in [1.165, 1.54) is 41.0 Å². The first-order valence-corrected chi connectivity index (χ1v) is 12.0. The van der Waals surface area contributed by atoms with Crippen molar-refractivity contribution >= 4 is 28.5 Å². The first kappa shape index (κ1) is 25.8. The second-order valence-corrected chi connectivity index (χ2v) is 9.38. The lowest BCUT2D eigenvalue weighted by Crippen LogP contribution is -2.51. The monoisotopic (exact) mass is 503 g/mol. The molecule has 0 aliphatic carbocycles. The summed E-state index contributed by atoms with van der Waals surface area (Å²) in [5.74, 6) is -0.701. The van der Waals surface area contributed by atoms with Crippen molar-refractivity contribution in [1.82, 2.24) is 20.3 Å². The van der Waals surface area contributed by atoms with Gasteiger partial charge in [-0.2, -0.15) is 0 Å². The molecule has 192 valence electrons. The molecular formula is C28H30FN5O3. The molecule has 9 heteroatoms. The van der Waals surface area contributed by atoms with E-state index in [2.05, 4.69) is 15.6 Å². The van der Waals surface area contributed by atoms with Gasteiger partial charge in [0, 0.05) is 11.2 Å². The van der Waals surface area contributed by atoms with Crippen molar-refractivity contribution in [2.45, 2.75) is 45.3 Å². The predicted molar refractivity (Wildman–Crippen MR) is 140 cm³/mol. The van der Waals surface area contributed by atoms with Crippen molar-refractivity contribution < 1.29 is 18.7 Å². The normalized spacial score (nSPS) is 12.2. The second kappa shape index (κ2) is 10.8. The topological polar surface area (TPSA) is 89.4 Å². The Labute approximate surface area is 215 Å². The molecule has 4 rings (SSSR count). The molecule has 1 N–H and O–H groups in total. The van der Waals surface area contributed by atoms with E-state index in [0.29, 0.717) is 34.5 Å². The number of nitrogens with one attached hydrogen (secondary N) is 1. The van der Waals surface area contributed by atoms with Gasteiger partial charge in [0.15, 0.2) is 0 Å². The average Bonchev–Trinajstić information content (AvgIpc) is 3.30. The van der Waals surface area contributed by atoms with Crippen LogP contribution in [0.5, 0.6) is 5.75 Å². The second-order valence-electron chi connectivity index (χ2n) is 9.38. The Hall–Kier alpha value is -4.27. The van der Waals surface area contributed by atoms with Gasteiger partial charge < -0.3 is 10.1 Å². The van der Waals surface area contributed by atoms with Crippen molar-refractivity contribution in [2.75, 3.05) is 12.0 Å². The highest BCUT2D eigenvalue weighted by molar-refractivity contribution is 6.01. The Balaban J connectivity index is 1.83. The molecule has 1 aromatic heterocycles. The van der Waals surface area contributed by atoms with Gasteiger partial charge in [-0.25, -0.2) is 9.07 Å². The van der Waals surface area contributed by atoms with Gasteiger partial charge in [0.25, 0.3) is 0 Å². The van der Waals surface area contributed by atoms with Crippen LogP contribution < -0.4 is 15.0 Å². The molecule has 0 aliphatic heterocycles. The van der Waals surface area contributed by atoms with E-state index in [1.54, 1.807) is 30.3 Å². The number of benzene rings is 3. The number of amides is 2. The zero-order valence-corrected chi connectivity index (χ0v) is 21.3. The maximum Gasteiger partial charge on any atom is 0.249 e. The standard InChI is InChI=1S/C28H30FN5O3/c1-5-28(2,3)30-27(36)26(19-9-8-10-22(17-19)37-4)34(21-15-13-20(29)14-16-21)25(35)18-33-24-12-7-6-11-23(24)31-32-33/h6-17,26H,5,18H2,1-4H3,(H,30,36)/t26-/m1/s1. The molecular weight excluding hydrogens is 473 g/mol. The van der Waals surface area contributed by atoms with E-state index in [4.69, 9.17) is 4.74 Å². The van der Waals surface area contributed by atoms with Gasteiger partial charge in [-0.15, -0.1) is 5.10 Å². The van der Waals surface area contributed by atoms with Gasteiger partial charge in [0.1, 0.15) is 29.7 Å². The summed E-state index contributed by atoms with van der Waals surface area (Å²) >= 11 is 0. The number of fused-ring (bicyclic) bond motifs is 1. The molecule has 0 fully saturated rings. The number of methoxy groups -OCH3 is 1. The Morgan fingerprint density at radius 3 is 2.51 bits per heavy atom. The summed E-state index contributed by atoms with van der Waals surface area (Å²) in [5, 5.41) is 11.3. The van der Waals surface area contributed by atoms with Crippen LogP contribution in [-0.4, -0.2) is 39.5 Å². The minimum Gasteiger partial charge on any atom is -0.497 e. The summed E-state index contributed by atoms with van der Waals surface area (Å²) in [6.07, 6.45) is 0.680. The van der Waals surface area contributed by atoms with Gasteiger partial charge in [-0.3, -0.25) is 14.5 Å². The third-order valence-corrected chi connectivity index (χ3v) is 6.34. The first-order chi connectivity index (χ1) is 17.7. The van der Waals surface area contributed by atoms with Gasteiger partial charge >= 0.3 is 0 Å². The zero-order valence-electron chi connectivity index (χ0n) is 21.3. The van der Waals surface area contributed by atoms with Crippen LogP contribution in [0, 0.1) is 5.82 Å². The quantitative estimate of drug-likeness (QED) is 0.359. The van der Waals surface area contributed by atoms with E-state index in [1.807, 2.05) is 39.0 Å². The summed E-state index contributed by atoms with van der Waals surface area (Å²) in [6.45, 7) is 5.63. The maximum absolute atomic E-state index is 14.0. The Kier molecular flexibility index (Phi) is 7.52. The van der Waals surface area contributed by atoms with Crippen LogP contribution in [0.4, 0.5) is 10.1 Å². The van der Waals surface area contributed by atoms with E-state index < -0.39 is 23.3 Å². The highest BCUT2D eigenvalue weighted by Gasteiger charge is 2.35. The number of anilines is 1. The summed E-state index contributed by atoms with van der Waals surface area (Å²) in [5.41, 5.74) is 1.73. The molecule has 0 bridgehead atoms. The van der Waals surface area contributed by atoms with Crippen LogP contribution in [0.25, 0.3) is 11.0 Å². The number of aromatic nitrogens is 3. The summed E-state index contributed by atoms with van der Waals surface area (Å²) in [7, 11) is 1.53. The summed E-state index contributed by atoms with van der Waals surface area (Å²) in [4.78, 5) is 29.2. The van der Waals surface area contributed by atoms with Crippen LogP contribution >= 0.6 is 0 Å². The summed E-state index contributed by atoms with van der Waals surface area (Å²) < 4.78 is 20.7. The predicted octanol–water partition coefficient (Wildman–Crippen LogP) is 4.66. The number of hydrogen-bond acceptors (Lipinski definition) is 5. The third-order valence-electron chi connectivity index (χ3n) is 6.34. The van der Waals surface area contributed by atoms with E-state index in [-0.39, 0.29) is 12.5 Å². The molecule has 1 heterocycles. The number of carbonyl (C=O) groups excluding carboxylic acids is 2. The molecule has 8 nitrogen and oxygen atoms in total. The number of para-hydroxylation sites is 1. The fourth-order valence-corrected chi connectivity index (χ4v) is 4.00. The van der Waals surface area contributed by atoms with Crippen LogP contribution in [0.15, 0.2) is 72.8 Å². The fraction of sp³-hybridized carbons (Fsp3) is 0.286. The maximum atomic E-state index is 14.0. The number of ether oxygens (including phenoxy) is 1. The molecule has 0 spiro atoms. The van der Waals surface area contributed by atoms with Gasteiger partial charge in [-0.05, 0) is 74.4 Å². The van der Waals surface area contributed by atoms with Crippen molar-refractivity contribution in [3.63, 3.8) is 0 Å². The van der Waals surface area contributed by atoms with E-state index >= 15 is 0 Å². The number of nitrogens with zero attached hydrogens (tertiary/aromatic N) is 4. The Bertz CT molecular complexity index is 1400. The van der Waals surface area contributed by atoms with Crippen molar-refractivity contribution in [1.29, 1.82) is 0 Å². The average molecular weight is 504 g/mol. The molecule has 37 heavy (non-hydrogen) atoms. The van der Waals surface area contributed by atoms with Crippen LogP contribution in [0.2, 0.25) is 0 Å². The van der Waals surface area contributed by atoms with Gasteiger partial charge in [0.05, 0.1) is 12.6 Å². The molecule has 1 atom stereocenters. The number of carbonyl (C=O) groups is 2. The first-order valence-electron chi connectivity index (χ1n) is 12.0. The fourth-order valence-electron chi connectivity index (χ4n) is 4.00. The third kappa shape index (κ3) is 5.77. The van der Waals surface area contributed by atoms with Crippen LogP contribution in [-0.2, 0) is 16.1 Å². The largest absolute Gasteiger partial charge is 0.497 e. The lowest BCUT2D eigenvalue weighted by molar-refractivity contribution is -0.128. The van der Waals surface area contributed by atoms with E-state index in [0.717, 1.165) is 0 Å². The Morgan fingerprint density at radius 2 is 1.81 bits per heavy atom. The van der Waals surface area contributed by atoms with Crippen molar-refractivity contribution in [3.05, 3.63) is 84.2 Å². The lowest BCUT2D eigenvalue weighted by Gasteiger charge is -2.34. The highest BCUT2D eigenvalue weighted by atomic mass is 19.1. The smallest absolute Gasteiger partial charge is 0.249 e. The molecule has 3 aromatic carbocycles.